The minimum Gasteiger partial charge on any atom is -0.383 e. The minimum absolute atomic E-state index is 0.0452. The largest absolute Gasteiger partial charge is 0.383 e. The van der Waals surface area contributed by atoms with E-state index in [1.54, 1.807) is 0 Å². The fourth-order valence-electron chi connectivity index (χ4n) is 4.00. The molecule has 1 aromatic heterocycles. The van der Waals surface area contributed by atoms with Gasteiger partial charge in [-0.3, -0.25) is 4.79 Å². The molecule has 0 fully saturated rings. The summed E-state index contributed by atoms with van der Waals surface area (Å²) in [6, 6.07) is 0. The van der Waals surface area contributed by atoms with Gasteiger partial charge in [0.25, 0.3) is 5.91 Å². The van der Waals surface area contributed by atoms with Crippen molar-refractivity contribution < 1.29 is 4.79 Å². The smallest absolute Gasteiger partial charge is 0.256 e. The Hall–Kier alpha value is -1.84. The van der Waals surface area contributed by atoms with Crippen molar-refractivity contribution >= 4 is 11.7 Å². The van der Waals surface area contributed by atoms with Crippen molar-refractivity contribution in [3.8, 4) is 0 Å². The number of anilines is 1. The third kappa shape index (κ3) is 1.96. The molecule has 0 bridgehead atoms. The second-order valence-electron chi connectivity index (χ2n) is 6.38. The van der Waals surface area contributed by atoms with Gasteiger partial charge in [-0.25, -0.2) is 0 Å². The summed E-state index contributed by atoms with van der Waals surface area (Å²) in [6.07, 6.45) is 12.7. The molecule has 2 N–H and O–H groups in total. The Kier molecular flexibility index (Phi) is 2.98. The molecule has 0 saturated carbocycles. The number of aryl methyl sites for hydroxylation is 1. The van der Waals surface area contributed by atoms with E-state index < -0.39 is 0 Å². The molecule has 1 aromatic rings. The van der Waals surface area contributed by atoms with E-state index in [9.17, 15) is 4.79 Å². The fourth-order valence-corrected chi connectivity index (χ4v) is 4.00. The van der Waals surface area contributed by atoms with E-state index >= 15 is 0 Å². The zero-order chi connectivity index (χ0) is 14.4. The van der Waals surface area contributed by atoms with E-state index in [2.05, 4.69) is 17.3 Å². The van der Waals surface area contributed by atoms with Gasteiger partial charge >= 0.3 is 0 Å². The van der Waals surface area contributed by atoms with Gasteiger partial charge in [0.1, 0.15) is 5.82 Å². The lowest BCUT2D eigenvalue weighted by molar-refractivity contribution is 0.0832. The molecule has 1 heterocycles. The molecule has 3 aliphatic carbocycles. The third-order valence-corrected chi connectivity index (χ3v) is 5.12. The highest BCUT2D eigenvalue weighted by molar-refractivity contribution is 5.87. The van der Waals surface area contributed by atoms with Crippen molar-refractivity contribution in [1.29, 1.82) is 0 Å². The molecular weight excluding hydrogens is 262 g/mol. The molecule has 110 valence electrons. The molecule has 3 aliphatic rings. The van der Waals surface area contributed by atoms with E-state index in [0.717, 1.165) is 62.6 Å². The summed E-state index contributed by atoms with van der Waals surface area (Å²) in [5.41, 5.74) is 11.0. The van der Waals surface area contributed by atoms with Gasteiger partial charge < -0.3 is 5.73 Å². The Morgan fingerprint density at radius 1 is 1.24 bits per heavy atom. The van der Waals surface area contributed by atoms with Crippen LogP contribution in [0.4, 0.5) is 5.82 Å². The van der Waals surface area contributed by atoms with E-state index in [1.165, 1.54) is 15.8 Å². The van der Waals surface area contributed by atoms with Gasteiger partial charge in [-0.1, -0.05) is 17.7 Å². The second kappa shape index (κ2) is 4.86. The average Bonchev–Trinajstić information content (AvgIpc) is 3.11. The molecule has 0 aliphatic heterocycles. The molecule has 0 amide bonds. The first-order chi connectivity index (χ1) is 10.3. The van der Waals surface area contributed by atoms with Gasteiger partial charge in [-0.05, 0) is 56.9 Å². The fraction of sp³-hybridized carbons (Fsp3) is 0.529. The molecule has 0 saturated heterocycles. The number of hydrogen-bond donors (Lipinski definition) is 1. The number of fused-ring (bicyclic) bond motifs is 1. The summed E-state index contributed by atoms with van der Waals surface area (Å²) in [5.74, 6) is 0.612. The molecule has 0 radical (unpaired) electrons. The maximum absolute atomic E-state index is 12.9. The molecule has 0 unspecified atom stereocenters. The predicted molar refractivity (Wildman–Crippen MR) is 82.0 cm³/mol. The van der Waals surface area contributed by atoms with Crippen LogP contribution >= 0.6 is 0 Å². The molecular formula is C17H21N3O. The highest BCUT2D eigenvalue weighted by Crippen LogP contribution is 2.38. The lowest BCUT2D eigenvalue weighted by atomic mass is 9.83. The van der Waals surface area contributed by atoms with E-state index in [1.807, 2.05) is 0 Å². The number of allylic oxidation sites excluding steroid dienone is 4. The number of aromatic nitrogens is 2. The van der Waals surface area contributed by atoms with Crippen LogP contribution in [0.2, 0.25) is 0 Å². The van der Waals surface area contributed by atoms with Crippen molar-refractivity contribution in [3.63, 3.8) is 0 Å². The Balaban J connectivity index is 1.70. The van der Waals surface area contributed by atoms with Gasteiger partial charge in [0.15, 0.2) is 0 Å². The highest BCUT2D eigenvalue weighted by atomic mass is 16.2. The standard InChI is InChI=1S/C17H21N3O/c18-16-14-7-1-2-10-15(14)19-20(16)17(21)13-9-4-6-11-5-3-8-12(11)13/h3,8,13H,1-2,4-7,9-10,18H2/t13-/m1/s1. The predicted octanol–water partition coefficient (Wildman–Crippen LogP) is 3.04. The van der Waals surface area contributed by atoms with Gasteiger partial charge in [0, 0.05) is 5.56 Å². The second-order valence-corrected chi connectivity index (χ2v) is 6.38. The lowest BCUT2D eigenvalue weighted by Crippen LogP contribution is -2.27. The Morgan fingerprint density at radius 3 is 2.95 bits per heavy atom. The maximum atomic E-state index is 12.9. The topological polar surface area (TPSA) is 60.9 Å². The first-order valence-electron chi connectivity index (χ1n) is 8.04. The van der Waals surface area contributed by atoms with Crippen molar-refractivity contribution in [2.75, 3.05) is 5.73 Å². The Bertz CT molecular complexity index is 666. The summed E-state index contributed by atoms with van der Waals surface area (Å²) in [4.78, 5) is 12.9. The monoisotopic (exact) mass is 283 g/mol. The highest BCUT2D eigenvalue weighted by Gasteiger charge is 2.32. The summed E-state index contributed by atoms with van der Waals surface area (Å²) >= 11 is 0. The van der Waals surface area contributed by atoms with Crippen molar-refractivity contribution in [3.05, 3.63) is 34.6 Å². The van der Waals surface area contributed by atoms with Gasteiger partial charge in [-0.2, -0.15) is 9.78 Å². The van der Waals surface area contributed by atoms with Crippen LogP contribution in [0.25, 0.3) is 0 Å². The zero-order valence-corrected chi connectivity index (χ0v) is 12.3. The van der Waals surface area contributed by atoms with Crippen LogP contribution in [0.5, 0.6) is 0 Å². The number of nitrogens with zero attached hydrogens (tertiary/aromatic N) is 2. The molecule has 4 rings (SSSR count). The van der Waals surface area contributed by atoms with Gasteiger partial charge in [-0.15, -0.1) is 0 Å². The SMILES string of the molecule is Nc1c2c(nn1C(=O)[C@@H]1CCCC3=C1C=CC3)CCCC2. The molecule has 4 heteroatoms. The Labute approximate surface area is 124 Å². The minimum atomic E-state index is -0.0452. The first kappa shape index (κ1) is 12.9. The number of nitrogens with two attached hydrogens (primary N) is 1. The van der Waals surface area contributed by atoms with E-state index in [0.29, 0.717) is 5.82 Å². The molecule has 0 spiro atoms. The average molecular weight is 283 g/mol. The van der Waals surface area contributed by atoms with Crippen LogP contribution in [0.1, 0.15) is 54.6 Å². The van der Waals surface area contributed by atoms with Crippen LogP contribution in [0.15, 0.2) is 23.3 Å². The molecule has 1 atom stereocenters. The molecule has 21 heavy (non-hydrogen) atoms. The van der Waals surface area contributed by atoms with Gasteiger partial charge in [0.2, 0.25) is 0 Å². The summed E-state index contributed by atoms with van der Waals surface area (Å²) in [7, 11) is 0. The zero-order valence-electron chi connectivity index (χ0n) is 12.3. The van der Waals surface area contributed by atoms with Crippen LogP contribution < -0.4 is 5.73 Å². The summed E-state index contributed by atoms with van der Waals surface area (Å²) < 4.78 is 1.50. The maximum Gasteiger partial charge on any atom is 0.256 e. The summed E-state index contributed by atoms with van der Waals surface area (Å²) in [5, 5.41) is 4.54. The van der Waals surface area contributed by atoms with Crippen molar-refractivity contribution in [2.24, 2.45) is 5.92 Å². The summed E-state index contributed by atoms with van der Waals surface area (Å²) in [6.45, 7) is 0. The molecule has 4 nitrogen and oxygen atoms in total. The van der Waals surface area contributed by atoms with Crippen LogP contribution in [0, 0.1) is 5.92 Å². The number of rotatable bonds is 1. The van der Waals surface area contributed by atoms with Gasteiger partial charge in [0.05, 0.1) is 11.6 Å². The van der Waals surface area contributed by atoms with E-state index in [4.69, 9.17) is 5.73 Å². The Morgan fingerprint density at radius 2 is 2.10 bits per heavy atom. The lowest BCUT2D eigenvalue weighted by Gasteiger charge is -2.23. The van der Waals surface area contributed by atoms with Crippen LogP contribution in [-0.2, 0) is 12.8 Å². The molecule has 0 aromatic carbocycles. The van der Waals surface area contributed by atoms with E-state index in [-0.39, 0.29) is 11.8 Å². The number of carbonyl (C=O) groups excluding carboxylic acids is 1. The third-order valence-electron chi connectivity index (χ3n) is 5.12. The normalized spacial score (nSPS) is 24.1. The quantitative estimate of drug-likeness (QED) is 0.861. The number of carbonyl (C=O) groups is 1. The number of nitrogen functional groups attached to an aromatic ring is 1. The number of hydrogen-bond acceptors (Lipinski definition) is 3. The van der Waals surface area contributed by atoms with Crippen LogP contribution in [0.3, 0.4) is 0 Å². The van der Waals surface area contributed by atoms with Crippen LogP contribution in [-0.4, -0.2) is 15.7 Å². The van der Waals surface area contributed by atoms with Crippen molar-refractivity contribution in [2.45, 2.75) is 51.4 Å². The van der Waals surface area contributed by atoms with Crippen molar-refractivity contribution in [1.82, 2.24) is 9.78 Å². The first-order valence-corrected chi connectivity index (χ1v) is 8.04.